The molecule has 4 nitrogen and oxygen atoms in total. The Morgan fingerprint density at radius 2 is 2.00 bits per heavy atom. The minimum absolute atomic E-state index is 0.0407. The number of likely N-dealkylation sites (tertiary alicyclic amines) is 1. The number of nitrogens with one attached hydrogen (secondary N) is 1. The van der Waals surface area contributed by atoms with Gasteiger partial charge in [0.15, 0.2) is 0 Å². The highest BCUT2D eigenvalue weighted by molar-refractivity contribution is 5.87. The molecule has 0 bridgehead atoms. The first-order valence-electron chi connectivity index (χ1n) is 7.33. The molecule has 100 valence electrons. The fourth-order valence-electron chi connectivity index (χ4n) is 3.91. The fraction of sp³-hybridized carbons (Fsp3) is 0.857. The van der Waals surface area contributed by atoms with Gasteiger partial charge in [0.25, 0.3) is 0 Å². The Bertz CT molecular complexity index is 356. The van der Waals surface area contributed by atoms with Crippen LogP contribution in [-0.2, 0) is 9.59 Å². The first-order chi connectivity index (χ1) is 8.75. The van der Waals surface area contributed by atoms with Crippen LogP contribution in [0.25, 0.3) is 0 Å². The van der Waals surface area contributed by atoms with Crippen molar-refractivity contribution >= 4 is 11.8 Å². The lowest BCUT2D eigenvalue weighted by Gasteiger charge is -2.34. The third kappa shape index (κ3) is 2.13. The third-order valence-corrected chi connectivity index (χ3v) is 4.89. The van der Waals surface area contributed by atoms with E-state index in [0.29, 0.717) is 19.0 Å². The monoisotopic (exact) mass is 250 g/mol. The van der Waals surface area contributed by atoms with Crippen molar-refractivity contribution in [2.75, 3.05) is 13.1 Å². The van der Waals surface area contributed by atoms with Gasteiger partial charge in [-0.3, -0.25) is 9.59 Å². The number of rotatable bonds is 1. The number of nitrogens with zero attached hydrogens (tertiary/aromatic N) is 1. The van der Waals surface area contributed by atoms with Crippen LogP contribution in [0.3, 0.4) is 0 Å². The molecule has 18 heavy (non-hydrogen) atoms. The minimum atomic E-state index is -0.0561. The van der Waals surface area contributed by atoms with E-state index in [1.54, 1.807) is 0 Å². The quantitative estimate of drug-likeness (QED) is 0.762. The van der Waals surface area contributed by atoms with Crippen LogP contribution in [0.4, 0.5) is 0 Å². The van der Waals surface area contributed by atoms with Crippen molar-refractivity contribution < 1.29 is 9.59 Å². The number of carbonyl (C=O) groups excluding carboxylic acids is 2. The smallest absolute Gasteiger partial charge is 0.226 e. The fourth-order valence-corrected chi connectivity index (χ4v) is 3.91. The van der Waals surface area contributed by atoms with E-state index in [9.17, 15) is 9.59 Å². The van der Waals surface area contributed by atoms with Gasteiger partial charge in [0.2, 0.25) is 11.8 Å². The number of piperidine rings is 1. The summed E-state index contributed by atoms with van der Waals surface area (Å²) < 4.78 is 0. The highest BCUT2D eigenvalue weighted by atomic mass is 16.2. The summed E-state index contributed by atoms with van der Waals surface area (Å²) in [5.41, 5.74) is 0. The van der Waals surface area contributed by atoms with Crippen molar-refractivity contribution in [2.45, 2.75) is 51.0 Å². The van der Waals surface area contributed by atoms with Crippen molar-refractivity contribution in [3.8, 4) is 0 Å². The summed E-state index contributed by atoms with van der Waals surface area (Å²) in [5.74, 6) is 0.970. The zero-order valence-electron chi connectivity index (χ0n) is 10.9. The zero-order chi connectivity index (χ0) is 12.5. The Kier molecular flexibility index (Phi) is 3.27. The molecular formula is C14H22N2O2. The summed E-state index contributed by atoms with van der Waals surface area (Å²) in [4.78, 5) is 26.0. The van der Waals surface area contributed by atoms with Gasteiger partial charge in [-0.05, 0) is 31.6 Å². The molecule has 2 aliphatic heterocycles. The Balaban J connectivity index is 1.66. The van der Waals surface area contributed by atoms with Crippen molar-refractivity contribution in [3.05, 3.63) is 0 Å². The lowest BCUT2D eigenvalue weighted by atomic mass is 9.84. The van der Waals surface area contributed by atoms with Gasteiger partial charge in [0.1, 0.15) is 0 Å². The van der Waals surface area contributed by atoms with Gasteiger partial charge in [-0.1, -0.05) is 12.8 Å². The number of fused-ring (bicyclic) bond motifs is 1. The standard InChI is InChI=1S/C14H22N2O2/c17-13-9-11(5-7-15-13)14(18)16-8-6-10-3-1-2-4-12(10)16/h10-12H,1-9H2,(H,15,17). The Morgan fingerprint density at radius 3 is 2.83 bits per heavy atom. The first-order valence-corrected chi connectivity index (χ1v) is 7.33. The van der Waals surface area contributed by atoms with Crippen molar-refractivity contribution in [1.82, 2.24) is 10.2 Å². The SMILES string of the molecule is O=C1CC(C(=O)N2CCC3CCCCC32)CCN1. The zero-order valence-corrected chi connectivity index (χ0v) is 10.9. The molecular weight excluding hydrogens is 228 g/mol. The van der Waals surface area contributed by atoms with E-state index in [1.165, 1.54) is 32.1 Å². The van der Waals surface area contributed by atoms with Crippen molar-refractivity contribution in [2.24, 2.45) is 11.8 Å². The van der Waals surface area contributed by atoms with Crippen molar-refractivity contribution in [1.29, 1.82) is 0 Å². The molecule has 2 saturated heterocycles. The molecule has 0 aromatic rings. The highest BCUT2D eigenvalue weighted by Gasteiger charge is 2.40. The van der Waals surface area contributed by atoms with Crippen LogP contribution in [0.5, 0.6) is 0 Å². The second kappa shape index (κ2) is 4.90. The van der Waals surface area contributed by atoms with Gasteiger partial charge < -0.3 is 10.2 Å². The molecule has 3 fully saturated rings. The molecule has 4 heteroatoms. The van der Waals surface area contributed by atoms with Gasteiger partial charge in [0.05, 0.1) is 0 Å². The lowest BCUT2D eigenvalue weighted by Crippen LogP contribution is -2.46. The Hall–Kier alpha value is -1.06. The molecule has 0 radical (unpaired) electrons. The second-order valence-electron chi connectivity index (χ2n) is 5.97. The molecule has 0 aromatic carbocycles. The van der Waals surface area contributed by atoms with Gasteiger partial charge in [-0.15, -0.1) is 0 Å². The summed E-state index contributed by atoms with van der Waals surface area (Å²) in [5, 5.41) is 2.80. The van der Waals surface area contributed by atoms with Gasteiger partial charge in [-0.25, -0.2) is 0 Å². The van der Waals surface area contributed by atoms with E-state index in [2.05, 4.69) is 10.2 Å². The van der Waals surface area contributed by atoms with Gasteiger partial charge in [-0.2, -0.15) is 0 Å². The number of amides is 2. The molecule has 1 saturated carbocycles. The van der Waals surface area contributed by atoms with Crippen LogP contribution in [0, 0.1) is 11.8 Å². The molecule has 3 atom stereocenters. The maximum atomic E-state index is 12.5. The average Bonchev–Trinajstić information content (AvgIpc) is 2.82. The molecule has 3 unspecified atom stereocenters. The van der Waals surface area contributed by atoms with Gasteiger partial charge in [0, 0.05) is 31.5 Å². The maximum absolute atomic E-state index is 12.5. The predicted octanol–water partition coefficient (Wildman–Crippen LogP) is 1.30. The van der Waals surface area contributed by atoms with Crippen molar-refractivity contribution in [3.63, 3.8) is 0 Å². The molecule has 0 spiro atoms. The molecule has 1 aliphatic carbocycles. The summed E-state index contributed by atoms with van der Waals surface area (Å²) in [6.07, 6.45) is 7.44. The maximum Gasteiger partial charge on any atom is 0.226 e. The number of hydrogen-bond acceptors (Lipinski definition) is 2. The summed E-state index contributed by atoms with van der Waals surface area (Å²) in [6, 6.07) is 0.483. The number of carbonyl (C=O) groups is 2. The summed E-state index contributed by atoms with van der Waals surface area (Å²) in [7, 11) is 0. The average molecular weight is 250 g/mol. The molecule has 3 aliphatic rings. The number of hydrogen-bond donors (Lipinski definition) is 1. The van der Waals surface area contributed by atoms with Crippen LogP contribution >= 0.6 is 0 Å². The highest BCUT2D eigenvalue weighted by Crippen LogP contribution is 2.37. The Morgan fingerprint density at radius 1 is 1.17 bits per heavy atom. The van der Waals surface area contributed by atoms with E-state index in [4.69, 9.17) is 0 Å². The molecule has 0 aromatic heterocycles. The lowest BCUT2D eigenvalue weighted by molar-refractivity contribution is -0.141. The molecule has 3 rings (SSSR count). The molecule has 2 heterocycles. The summed E-state index contributed by atoms with van der Waals surface area (Å²) >= 11 is 0. The van der Waals surface area contributed by atoms with Crippen LogP contribution in [0.1, 0.15) is 44.9 Å². The van der Waals surface area contributed by atoms with Crippen LogP contribution in [0.15, 0.2) is 0 Å². The van der Waals surface area contributed by atoms with Gasteiger partial charge >= 0.3 is 0 Å². The van der Waals surface area contributed by atoms with Crippen LogP contribution < -0.4 is 5.32 Å². The third-order valence-electron chi connectivity index (χ3n) is 4.89. The largest absolute Gasteiger partial charge is 0.356 e. The Labute approximate surface area is 108 Å². The predicted molar refractivity (Wildman–Crippen MR) is 67.8 cm³/mol. The molecule has 1 N–H and O–H groups in total. The summed E-state index contributed by atoms with van der Waals surface area (Å²) in [6.45, 7) is 1.59. The van der Waals surface area contributed by atoms with Crippen LogP contribution in [0.2, 0.25) is 0 Å². The van der Waals surface area contributed by atoms with E-state index < -0.39 is 0 Å². The minimum Gasteiger partial charge on any atom is -0.356 e. The topological polar surface area (TPSA) is 49.4 Å². The van der Waals surface area contributed by atoms with E-state index in [1.807, 2.05) is 0 Å². The van der Waals surface area contributed by atoms with Crippen LogP contribution in [-0.4, -0.2) is 35.8 Å². The van der Waals surface area contributed by atoms with E-state index in [-0.39, 0.29) is 17.7 Å². The van der Waals surface area contributed by atoms with E-state index >= 15 is 0 Å². The second-order valence-corrected chi connectivity index (χ2v) is 5.97. The normalized spacial score (nSPS) is 36.1. The molecule has 2 amide bonds. The van der Waals surface area contributed by atoms with E-state index in [0.717, 1.165) is 18.9 Å². The first kappa shape index (κ1) is 12.0.